The van der Waals surface area contributed by atoms with Crippen LogP contribution in [-0.2, 0) is 13.1 Å². The number of anilines is 1. The number of hydrogen-bond donors (Lipinski definition) is 2. The molecule has 0 saturated carbocycles. The van der Waals surface area contributed by atoms with Gasteiger partial charge in [-0.25, -0.2) is 4.98 Å². The molecule has 1 aromatic heterocycles. The number of benzene rings is 1. The van der Waals surface area contributed by atoms with Crippen molar-refractivity contribution >= 4 is 35.1 Å². The third-order valence-corrected chi connectivity index (χ3v) is 3.77. The first-order valence-corrected chi connectivity index (χ1v) is 6.81. The van der Waals surface area contributed by atoms with Gasteiger partial charge in [-0.1, -0.05) is 29.3 Å². The molecule has 2 aromatic rings. The third kappa shape index (κ3) is 2.77. The van der Waals surface area contributed by atoms with Crippen LogP contribution in [0.15, 0.2) is 28.0 Å². The van der Waals surface area contributed by atoms with Crippen LogP contribution >= 0.6 is 23.2 Å². The maximum Gasteiger partial charge on any atom is 0.258 e. The molecule has 0 spiro atoms. The van der Waals surface area contributed by atoms with E-state index in [1.807, 2.05) is 0 Å². The summed E-state index contributed by atoms with van der Waals surface area (Å²) in [5.41, 5.74) is 0.692. The second kappa shape index (κ2) is 5.46. The lowest BCUT2D eigenvalue weighted by Crippen LogP contribution is -2.19. The first-order valence-electron chi connectivity index (χ1n) is 6.06. The van der Waals surface area contributed by atoms with E-state index in [4.69, 9.17) is 23.2 Å². The summed E-state index contributed by atoms with van der Waals surface area (Å²) < 4.78 is 13.4. The molecule has 0 radical (unpaired) electrons. The summed E-state index contributed by atoms with van der Waals surface area (Å²) in [7, 11) is 0. The highest BCUT2D eigenvalue weighted by molar-refractivity contribution is 6.42. The van der Waals surface area contributed by atoms with E-state index in [2.05, 4.69) is 20.3 Å². The molecule has 0 saturated heterocycles. The molecule has 0 bridgehead atoms. The number of aliphatic imine (C=N–C) groups is 1. The lowest BCUT2D eigenvalue weighted by atomic mass is 10.2. The van der Waals surface area contributed by atoms with Crippen molar-refractivity contribution in [1.29, 1.82) is 0 Å². The van der Waals surface area contributed by atoms with E-state index in [1.165, 1.54) is 0 Å². The average Bonchev–Trinajstić information content (AvgIpc) is 2.83. The molecule has 8 heteroatoms. The molecular weight excluding hydrogens is 318 g/mol. The minimum Gasteiger partial charge on any atom is -0.352 e. The smallest absolute Gasteiger partial charge is 0.258 e. The van der Waals surface area contributed by atoms with Crippen LogP contribution in [0.4, 0.5) is 10.3 Å². The molecule has 1 aromatic carbocycles. The number of nitrogens with one attached hydrogen (secondary N) is 2. The zero-order chi connectivity index (χ0) is 15.0. The van der Waals surface area contributed by atoms with Crippen LogP contribution in [-0.4, -0.2) is 15.9 Å². The van der Waals surface area contributed by atoms with Gasteiger partial charge in [0.2, 0.25) is 11.9 Å². The topological polar surface area (TPSA) is 70.1 Å². The summed E-state index contributed by atoms with van der Waals surface area (Å²) in [5, 5.41) is 3.80. The monoisotopic (exact) mass is 326 g/mol. The van der Waals surface area contributed by atoms with Crippen molar-refractivity contribution in [2.45, 2.75) is 13.1 Å². The lowest BCUT2D eigenvalue weighted by molar-refractivity contribution is 0.800. The molecule has 3 rings (SSSR count). The van der Waals surface area contributed by atoms with Gasteiger partial charge in [0.25, 0.3) is 5.56 Å². The van der Waals surface area contributed by atoms with Crippen LogP contribution < -0.4 is 10.9 Å². The van der Waals surface area contributed by atoms with Crippen molar-refractivity contribution in [3.63, 3.8) is 0 Å². The fraction of sp³-hybridized carbons (Fsp3) is 0.154. The van der Waals surface area contributed by atoms with Crippen LogP contribution in [0.25, 0.3) is 0 Å². The minimum atomic E-state index is -0.714. The van der Waals surface area contributed by atoms with Crippen molar-refractivity contribution in [3.8, 4) is 0 Å². The summed E-state index contributed by atoms with van der Waals surface area (Å²) in [5.74, 6) is -0.536. The lowest BCUT2D eigenvalue weighted by Gasteiger charge is -2.07. The summed E-state index contributed by atoms with van der Waals surface area (Å²) in [6.45, 7) is 0.383. The molecular formula is C13H9Cl2FN4O. The van der Waals surface area contributed by atoms with Crippen LogP contribution in [0.3, 0.4) is 0 Å². The predicted molar refractivity (Wildman–Crippen MR) is 80.0 cm³/mol. The Hall–Kier alpha value is -1.92. The number of aromatic amines is 1. The van der Waals surface area contributed by atoms with E-state index in [0.29, 0.717) is 16.6 Å². The summed E-state index contributed by atoms with van der Waals surface area (Å²) in [6.07, 6.45) is 0. The van der Waals surface area contributed by atoms with Gasteiger partial charge in [-0.3, -0.25) is 14.8 Å². The maximum atomic E-state index is 13.4. The van der Waals surface area contributed by atoms with Gasteiger partial charge in [-0.05, 0) is 17.7 Å². The molecule has 2 N–H and O–H groups in total. The fourth-order valence-electron chi connectivity index (χ4n) is 1.96. The van der Waals surface area contributed by atoms with Gasteiger partial charge >= 0.3 is 0 Å². The zero-order valence-electron chi connectivity index (χ0n) is 10.6. The van der Waals surface area contributed by atoms with Crippen molar-refractivity contribution in [2.24, 2.45) is 4.99 Å². The Morgan fingerprint density at radius 1 is 1.33 bits per heavy atom. The van der Waals surface area contributed by atoms with Crippen LogP contribution in [0.5, 0.6) is 0 Å². The molecule has 108 valence electrons. The molecule has 0 atom stereocenters. The van der Waals surface area contributed by atoms with E-state index < -0.39 is 11.5 Å². The van der Waals surface area contributed by atoms with Crippen molar-refractivity contribution in [3.05, 3.63) is 55.4 Å². The highest BCUT2D eigenvalue weighted by Gasteiger charge is 2.21. The quantitative estimate of drug-likeness (QED) is 0.911. The Labute approximate surface area is 128 Å². The first-order chi connectivity index (χ1) is 10.0. The second-order valence-corrected chi connectivity index (χ2v) is 5.27. The molecule has 2 heterocycles. The number of nitrogens with zero attached hydrogens (tertiary/aromatic N) is 2. The molecule has 0 fully saturated rings. The third-order valence-electron chi connectivity index (χ3n) is 3.03. The summed E-state index contributed by atoms with van der Waals surface area (Å²) >= 11 is 11.7. The predicted octanol–water partition coefficient (Wildman–Crippen LogP) is 2.92. The molecule has 0 aliphatic carbocycles. The normalized spacial score (nSPS) is 13.0. The Balaban J connectivity index is 1.81. The SMILES string of the molecule is O=c1[nH]c(NCc2ccc(Cl)c(Cl)c2)nc2c1CN=C2F. The maximum absolute atomic E-state index is 13.4. The van der Waals surface area contributed by atoms with E-state index in [0.717, 1.165) is 5.56 Å². The molecule has 1 aliphatic rings. The number of aromatic nitrogens is 2. The van der Waals surface area contributed by atoms with Crippen LogP contribution in [0.1, 0.15) is 16.8 Å². The average molecular weight is 327 g/mol. The Bertz CT molecular complexity index is 803. The van der Waals surface area contributed by atoms with Gasteiger partial charge in [0, 0.05) is 6.54 Å². The summed E-state index contributed by atoms with van der Waals surface area (Å²) in [6, 6.07) is 5.16. The van der Waals surface area contributed by atoms with Gasteiger partial charge in [0.05, 0.1) is 22.2 Å². The standard InChI is InChI=1S/C13H9Cl2FN4O/c14-8-2-1-6(3-9(8)15)4-18-13-19-10-7(12(21)20-13)5-17-11(10)16/h1-3H,4-5H2,(H2,18,19,20,21). The second-order valence-electron chi connectivity index (χ2n) is 4.45. The largest absolute Gasteiger partial charge is 0.352 e. The Morgan fingerprint density at radius 3 is 2.90 bits per heavy atom. The van der Waals surface area contributed by atoms with Gasteiger partial charge < -0.3 is 5.32 Å². The van der Waals surface area contributed by atoms with Crippen molar-refractivity contribution in [1.82, 2.24) is 9.97 Å². The molecule has 0 unspecified atom stereocenters. The van der Waals surface area contributed by atoms with Crippen LogP contribution in [0.2, 0.25) is 10.0 Å². The highest BCUT2D eigenvalue weighted by atomic mass is 35.5. The van der Waals surface area contributed by atoms with E-state index in [-0.39, 0.29) is 23.8 Å². The van der Waals surface area contributed by atoms with Crippen molar-refractivity contribution < 1.29 is 4.39 Å². The van der Waals surface area contributed by atoms with Gasteiger partial charge in [0.15, 0.2) is 0 Å². The minimum absolute atomic E-state index is 0.00427. The van der Waals surface area contributed by atoms with Crippen molar-refractivity contribution in [2.75, 3.05) is 5.32 Å². The number of H-pyrrole nitrogens is 1. The van der Waals surface area contributed by atoms with Crippen LogP contribution in [0, 0.1) is 0 Å². The number of fused-ring (bicyclic) bond motifs is 1. The fourth-order valence-corrected chi connectivity index (χ4v) is 2.28. The van der Waals surface area contributed by atoms with E-state index >= 15 is 0 Å². The Morgan fingerprint density at radius 2 is 2.14 bits per heavy atom. The number of hydrogen-bond acceptors (Lipinski definition) is 4. The molecule has 1 aliphatic heterocycles. The molecule has 21 heavy (non-hydrogen) atoms. The van der Waals surface area contributed by atoms with E-state index in [1.54, 1.807) is 18.2 Å². The van der Waals surface area contributed by atoms with Gasteiger partial charge in [0.1, 0.15) is 5.69 Å². The van der Waals surface area contributed by atoms with Gasteiger partial charge in [-0.2, -0.15) is 4.39 Å². The molecule has 0 amide bonds. The van der Waals surface area contributed by atoms with E-state index in [9.17, 15) is 9.18 Å². The zero-order valence-corrected chi connectivity index (χ0v) is 12.1. The first kappa shape index (κ1) is 14.0. The molecule has 5 nitrogen and oxygen atoms in total. The number of halogens is 3. The number of rotatable bonds is 3. The van der Waals surface area contributed by atoms with Gasteiger partial charge in [-0.15, -0.1) is 0 Å². The Kier molecular flexibility index (Phi) is 3.65. The highest BCUT2D eigenvalue weighted by Crippen LogP contribution is 2.23. The summed E-state index contributed by atoms with van der Waals surface area (Å²) in [4.78, 5) is 21.9.